The number of para-hydroxylation sites is 1. The molecule has 1 aliphatic carbocycles. The number of carbonyl (C=O) groups excluding carboxylic acids is 2. The van der Waals surface area contributed by atoms with Crippen molar-refractivity contribution in [2.75, 3.05) is 4.90 Å². The molecule has 1 aromatic rings. The number of rotatable bonds is 0. The van der Waals surface area contributed by atoms with Crippen LogP contribution in [0.2, 0.25) is 0 Å². The van der Waals surface area contributed by atoms with Gasteiger partial charge < -0.3 is 10.2 Å². The van der Waals surface area contributed by atoms with Gasteiger partial charge in [0.05, 0.1) is 11.3 Å². The summed E-state index contributed by atoms with van der Waals surface area (Å²) in [6, 6.07) is 5.67. The van der Waals surface area contributed by atoms with E-state index in [1.54, 1.807) is 6.92 Å². The Labute approximate surface area is 111 Å². The summed E-state index contributed by atoms with van der Waals surface area (Å²) < 4.78 is 0. The number of nitrogens with one attached hydrogen (secondary N) is 1. The maximum atomic E-state index is 12.6. The first-order valence-corrected chi connectivity index (χ1v) is 6.95. The lowest BCUT2D eigenvalue weighted by Crippen LogP contribution is -2.46. The number of hydrogen-bond donors (Lipinski definition) is 1. The third-order valence-corrected chi connectivity index (χ3v) is 4.72. The molecule has 98 valence electrons. The highest BCUT2D eigenvalue weighted by Crippen LogP contribution is 2.51. The van der Waals surface area contributed by atoms with Crippen LogP contribution >= 0.6 is 0 Å². The van der Waals surface area contributed by atoms with Gasteiger partial charge in [0.15, 0.2) is 0 Å². The van der Waals surface area contributed by atoms with E-state index in [9.17, 15) is 9.59 Å². The zero-order valence-electron chi connectivity index (χ0n) is 10.8. The van der Waals surface area contributed by atoms with E-state index in [1.165, 1.54) is 12.0 Å². The van der Waals surface area contributed by atoms with E-state index in [0.29, 0.717) is 11.5 Å². The second-order valence-electron chi connectivity index (χ2n) is 5.75. The van der Waals surface area contributed by atoms with Crippen LogP contribution in [-0.2, 0) is 4.79 Å². The standard InChI is InChI=1S/C15H16N2O2/c1-8-15(19)17-12-7-3-4-9(12)10-5-2-6-11(13(10)17)14(18)16-8/h2,5-6,8-9,12H,3-4,7H2,1H3,(H,16,18)/t8?,9-,12-/m1/s1. The van der Waals surface area contributed by atoms with Gasteiger partial charge in [-0.3, -0.25) is 9.59 Å². The van der Waals surface area contributed by atoms with Gasteiger partial charge in [0.2, 0.25) is 5.91 Å². The van der Waals surface area contributed by atoms with Crippen LogP contribution in [0.1, 0.15) is 48.0 Å². The minimum atomic E-state index is -0.438. The summed E-state index contributed by atoms with van der Waals surface area (Å²) in [5.41, 5.74) is 2.73. The van der Waals surface area contributed by atoms with Crippen LogP contribution in [0.3, 0.4) is 0 Å². The topological polar surface area (TPSA) is 49.4 Å². The molecule has 4 nitrogen and oxygen atoms in total. The van der Waals surface area contributed by atoms with Crippen molar-refractivity contribution in [1.82, 2.24) is 5.32 Å². The normalized spacial score (nSPS) is 31.8. The summed E-state index contributed by atoms with van der Waals surface area (Å²) >= 11 is 0. The van der Waals surface area contributed by atoms with Gasteiger partial charge in [-0.05, 0) is 31.4 Å². The fourth-order valence-corrected chi connectivity index (χ4v) is 3.91. The van der Waals surface area contributed by atoms with E-state index in [4.69, 9.17) is 0 Å². The summed E-state index contributed by atoms with van der Waals surface area (Å²) in [5, 5.41) is 2.79. The Hall–Kier alpha value is -1.84. The molecule has 0 radical (unpaired) electrons. The van der Waals surface area contributed by atoms with Gasteiger partial charge in [0.1, 0.15) is 6.04 Å². The molecule has 1 unspecified atom stereocenters. The highest BCUT2D eigenvalue weighted by atomic mass is 16.2. The molecule has 3 atom stereocenters. The minimum Gasteiger partial charge on any atom is -0.340 e. The largest absolute Gasteiger partial charge is 0.340 e. The van der Waals surface area contributed by atoms with Crippen LogP contribution < -0.4 is 10.2 Å². The molecule has 1 aromatic carbocycles. The fraction of sp³-hybridized carbons (Fsp3) is 0.467. The number of hydrogen-bond acceptors (Lipinski definition) is 2. The molecule has 1 fully saturated rings. The molecule has 0 saturated heterocycles. The van der Waals surface area contributed by atoms with E-state index in [0.717, 1.165) is 18.5 Å². The van der Waals surface area contributed by atoms with Gasteiger partial charge in [0, 0.05) is 12.0 Å². The van der Waals surface area contributed by atoms with Crippen molar-refractivity contribution in [2.24, 2.45) is 0 Å². The minimum absolute atomic E-state index is 0.0361. The number of benzene rings is 1. The van der Waals surface area contributed by atoms with E-state index >= 15 is 0 Å². The Morgan fingerprint density at radius 2 is 2.11 bits per heavy atom. The molecule has 2 heterocycles. The summed E-state index contributed by atoms with van der Waals surface area (Å²) in [5.74, 6) is 0.339. The average Bonchev–Trinajstić information content (AvgIpc) is 2.94. The lowest BCUT2D eigenvalue weighted by molar-refractivity contribution is -0.120. The Morgan fingerprint density at radius 1 is 1.26 bits per heavy atom. The molecule has 2 aliphatic heterocycles. The average molecular weight is 256 g/mol. The maximum Gasteiger partial charge on any atom is 0.254 e. The van der Waals surface area contributed by atoms with Crippen LogP contribution in [0.5, 0.6) is 0 Å². The van der Waals surface area contributed by atoms with Crippen molar-refractivity contribution < 1.29 is 9.59 Å². The number of anilines is 1. The van der Waals surface area contributed by atoms with Crippen molar-refractivity contribution >= 4 is 17.5 Å². The molecular weight excluding hydrogens is 240 g/mol. The molecule has 4 rings (SSSR count). The van der Waals surface area contributed by atoms with Crippen molar-refractivity contribution in [2.45, 2.75) is 44.2 Å². The third kappa shape index (κ3) is 1.29. The first-order chi connectivity index (χ1) is 9.18. The van der Waals surface area contributed by atoms with E-state index in [1.807, 2.05) is 17.0 Å². The number of carbonyl (C=O) groups is 2. The Morgan fingerprint density at radius 3 is 2.95 bits per heavy atom. The predicted molar refractivity (Wildman–Crippen MR) is 71.2 cm³/mol. The third-order valence-electron chi connectivity index (χ3n) is 4.72. The zero-order valence-corrected chi connectivity index (χ0v) is 10.8. The lowest BCUT2D eigenvalue weighted by atomic mass is 9.96. The first kappa shape index (κ1) is 11.0. The summed E-state index contributed by atoms with van der Waals surface area (Å²) in [6.45, 7) is 1.77. The molecule has 19 heavy (non-hydrogen) atoms. The molecule has 4 heteroatoms. The van der Waals surface area contributed by atoms with Crippen LogP contribution in [-0.4, -0.2) is 23.9 Å². The molecule has 2 amide bonds. The Balaban J connectivity index is 1.99. The predicted octanol–water partition coefficient (Wildman–Crippen LogP) is 1.80. The monoisotopic (exact) mass is 256 g/mol. The van der Waals surface area contributed by atoms with E-state index < -0.39 is 6.04 Å². The molecular formula is C15H16N2O2. The summed E-state index contributed by atoms with van der Waals surface area (Å²) in [7, 11) is 0. The summed E-state index contributed by atoms with van der Waals surface area (Å²) in [4.78, 5) is 26.7. The van der Waals surface area contributed by atoms with Gasteiger partial charge in [0.25, 0.3) is 5.91 Å². The van der Waals surface area contributed by atoms with E-state index in [2.05, 4.69) is 11.4 Å². The van der Waals surface area contributed by atoms with Crippen molar-refractivity contribution in [3.05, 3.63) is 29.3 Å². The van der Waals surface area contributed by atoms with Crippen LogP contribution in [0, 0.1) is 0 Å². The van der Waals surface area contributed by atoms with Crippen LogP contribution in [0.15, 0.2) is 18.2 Å². The van der Waals surface area contributed by atoms with Crippen LogP contribution in [0.25, 0.3) is 0 Å². The molecule has 0 spiro atoms. The summed E-state index contributed by atoms with van der Waals surface area (Å²) in [6.07, 6.45) is 3.34. The highest BCUT2D eigenvalue weighted by molar-refractivity contribution is 6.13. The van der Waals surface area contributed by atoms with Crippen LogP contribution in [0.4, 0.5) is 5.69 Å². The second kappa shape index (κ2) is 3.59. The van der Waals surface area contributed by atoms with Gasteiger partial charge >= 0.3 is 0 Å². The van der Waals surface area contributed by atoms with Gasteiger partial charge in [-0.2, -0.15) is 0 Å². The fourth-order valence-electron chi connectivity index (χ4n) is 3.91. The van der Waals surface area contributed by atoms with E-state index in [-0.39, 0.29) is 17.9 Å². The number of nitrogens with zero attached hydrogens (tertiary/aromatic N) is 1. The second-order valence-corrected chi connectivity index (χ2v) is 5.75. The molecule has 0 aromatic heterocycles. The molecule has 0 bridgehead atoms. The quantitative estimate of drug-likeness (QED) is 0.769. The van der Waals surface area contributed by atoms with Gasteiger partial charge in [-0.15, -0.1) is 0 Å². The van der Waals surface area contributed by atoms with Crippen molar-refractivity contribution in [3.8, 4) is 0 Å². The van der Waals surface area contributed by atoms with Crippen molar-refractivity contribution in [1.29, 1.82) is 0 Å². The Kier molecular flexibility index (Phi) is 2.08. The lowest BCUT2D eigenvalue weighted by Gasteiger charge is -2.25. The molecule has 1 N–H and O–H groups in total. The SMILES string of the molecule is CC1NC(=O)c2cccc3c2N(C1=O)[C@@H]1CCC[C@H]31. The maximum absolute atomic E-state index is 12.6. The number of amides is 2. The first-order valence-electron chi connectivity index (χ1n) is 6.95. The molecule has 3 aliphatic rings. The highest BCUT2D eigenvalue weighted by Gasteiger charge is 2.48. The Bertz CT molecular complexity index is 596. The molecule has 1 saturated carbocycles. The number of fused-ring (bicyclic) bond motifs is 3. The smallest absolute Gasteiger partial charge is 0.254 e. The van der Waals surface area contributed by atoms with Gasteiger partial charge in [-0.25, -0.2) is 0 Å². The van der Waals surface area contributed by atoms with Gasteiger partial charge in [-0.1, -0.05) is 18.6 Å². The zero-order chi connectivity index (χ0) is 13.1. The van der Waals surface area contributed by atoms with Crippen molar-refractivity contribution in [3.63, 3.8) is 0 Å².